The summed E-state index contributed by atoms with van der Waals surface area (Å²) in [6.07, 6.45) is 0.647. The smallest absolute Gasteiger partial charge is 0.0665 e. The van der Waals surface area contributed by atoms with E-state index in [0.717, 1.165) is 0 Å². The molecule has 0 aliphatic carbocycles. The molecule has 1 heteroatoms. The normalized spacial score (nSPS) is 10.5. The first-order valence-corrected chi connectivity index (χ1v) is 5.22. The molecule has 0 aliphatic heterocycles. The molecule has 0 aliphatic rings. The number of benzene rings is 2. The van der Waals surface area contributed by atoms with Crippen molar-refractivity contribution in [2.75, 3.05) is 0 Å². The summed E-state index contributed by atoms with van der Waals surface area (Å²) in [4.78, 5) is 0. The summed E-state index contributed by atoms with van der Waals surface area (Å²) in [5.74, 6) is 0.312. The first-order chi connectivity index (χ1) is 7.42. The lowest BCUT2D eigenvalue weighted by Crippen LogP contribution is -1.99. The molecule has 2 aromatic rings. The highest BCUT2D eigenvalue weighted by Crippen LogP contribution is 2.26. The minimum absolute atomic E-state index is 0.312. The molecule has 0 heterocycles. The summed E-state index contributed by atoms with van der Waals surface area (Å²) < 4.78 is 0. The SMILES string of the molecule is [B]CC(c1ccccc1)c1ccccc1. The van der Waals surface area contributed by atoms with Crippen LogP contribution in [0.3, 0.4) is 0 Å². The summed E-state index contributed by atoms with van der Waals surface area (Å²) in [7, 11) is 5.84. The van der Waals surface area contributed by atoms with Gasteiger partial charge in [-0.2, -0.15) is 0 Å². The standard InChI is InChI=1S/C14H13B/c15-11-14(12-7-3-1-4-8-12)13-9-5-2-6-10-13/h1-10,14H,11H2. The minimum atomic E-state index is 0.312. The van der Waals surface area contributed by atoms with Gasteiger partial charge in [-0.1, -0.05) is 67.0 Å². The zero-order valence-electron chi connectivity index (χ0n) is 8.64. The monoisotopic (exact) mass is 192 g/mol. The van der Waals surface area contributed by atoms with Gasteiger partial charge in [0.25, 0.3) is 0 Å². The van der Waals surface area contributed by atoms with Crippen LogP contribution in [0.2, 0.25) is 6.32 Å². The van der Waals surface area contributed by atoms with Gasteiger partial charge in [-0.3, -0.25) is 0 Å². The van der Waals surface area contributed by atoms with E-state index in [1.807, 2.05) is 12.1 Å². The molecular weight excluding hydrogens is 179 g/mol. The Morgan fingerprint density at radius 2 is 1.13 bits per heavy atom. The molecule has 2 aromatic carbocycles. The van der Waals surface area contributed by atoms with Crippen molar-refractivity contribution in [3.8, 4) is 0 Å². The van der Waals surface area contributed by atoms with Crippen LogP contribution < -0.4 is 0 Å². The fourth-order valence-electron chi connectivity index (χ4n) is 1.84. The van der Waals surface area contributed by atoms with Crippen LogP contribution in [0.25, 0.3) is 0 Å². The molecule has 0 saturated carbocycles. The first-order valence-electron chi connectivity index (χ1n) is 5.22. The second-order valence-corrected chi connectivity index (χ2v) is 3.61. The third-order valence-corrected chi connectivity index (χ3v) is 2.64. The molecular formula is C14H13B. The highest BCUT2D eigenvalue weighted by atomic mass is 14.1. The largest absolute Gasteiger partial charge is 0.0779 e. The van der Waals surface area contributed by atoms with Gasteiger partial charge in [-0.25, -0.2) is 0 Å². The Kier molecular flexibility index (Phi) is 3.23. The van der Waals surface area contributed by atoms with Crippen LogP contribution in [0, 0.1) is 0 Å². The van der Waals surface area contributed by atoms with E-state index in [9.17, 15) is 0 Å². The zero-order valence-corrected chi connectivity index (χ0v) is 8.64. The van der Waals surface area contributed by atoms with Crippen LogP contribution in [0.1, 0.15) is 17.0 Å². The van der Waals surface area contributed by atoms with E-state index >= 15 is 0 Å². The summed E-state index contributed by atoms with van der Waals surface area (Å²) in [5, 5.41) is 0. The van der Waals surface area contributed by atoms with E-state index in [4.69, 9.17) is 7.85 Å². The highest BCUT2D eigenvalue weighted by Gasteiger charge is 2.09. The third-order valence-electron chi connectivity index (χ3n) is 2.64. The Morgan fingerprint density at radius 3 is 1.47 bits per heavy atom. The Bertz CT molecular complexity index is 355. The lowest BCUT2D eigenvalue weighted by atomic mass is 9.81. The van der Waals surface area contributed by atoms with E-state index in [-0.39, 0.29) is 0 Å². The second kappa shape index (κ2) is 4.83. The Hall–Kier alpha value is -1.50. The molecule has 0 saturated heterocycles. The number of hydrogen-bond donors (Lipinski definition) is 0. The van der Waals surface area contributed by atoms with Crippen molar-refractivity contribution in [3.05, 3.63) is 71.8 Å². The summed E-state index contributed by atoms with van der Waals surface area (Å²) in [5.41, 5.74) is 2.57. The fourth-order valence-corrected chi connectivity index (χ4v) is 1.84. The van der Waals surface area contributed by atoms with Crippen molar-refractivity contribution in [2.45, 2.75) is 12.2 Å². The van der Waals surface area contributed by atoms with Gasteiger partial charge in [0.15, 0.2) is 0 Å². The van der Waals surface area contributed by atoms with Crippen molar-refractivity contribution >= 4 is 7.85 Å². The van der Waals surface area contributed by atoms with Gasteiger partial charge in [0.05, 0.1) is 7.85 Å². The maximum Gasteiger partial charge on any atom is 0.0665 e. The average molecular weight is 192 g/mol. The maximum absolute atomic E-state index is 5.84. The fraction of sp³-hybridized carbons (Fsp3) is 0.143. The Morgan fingerprint density at radius 1 is 0.733 bits per heavy atom. The summed E-state index contributed by atoms with van der Waals surface area (Å²) in [6.45, 7) is 0. The third kappa shape index (κ3) is 2.30. The van der Waals surface area contributed by atoms with Crippen molar-refractivity contribution < 1.29 is 0 Å². The Labute approximate surface area is 92.4 Å². The van der Waals surface area contributed by atoms with Gasteiger partial charge in [0, 0.05) is 5.92 Å². The average Bonchev–Trinajstić information content (AvgIpc) is 2.33. The van der Waals surface area contributed by atoms with Crippen LogP contribution in [0.5, 0.6) is 0 Å². The number of rotatable bonds is 3. The predicted octanol–water partition coefficient (Wildman–Crippen LogP) is 3.41. The molecule has 0 N–H and O–H groups in total. The number of hydrogen-bond acceptors (Lipinski definition) is 0. The zero-order chi connectivity index (χ0) is 10.5. The van der Waals surface area contributed by atoms with Crippen molar-refractivity contribution in [2.24, 2.45) is 0 Å². The van der Waals surface area contributed by atoms with E-state index in [1.165, 1.54) is 11.1 Å². The van der Waals surface area contributed by atoms with Crippen LogP contribution in [0.4, 0.5) is 0 Å². The van der Waals surface area contributed by atoms with Gasteiger partial charge < -0.3 is 0 Å². The minimum Gasteiger partial charge on any atom is -0.0779 e. The molecule has 0 bridgehead atoms. The van der Waals surface area contributed by atoms with Gasteiger partial charge in [0.1, 0.15) is 0 Å². The molecule has 2 rings (SSSR count). The van der Waals surface area contributed by atoms with E-state index in [1.54, 1.807) is 0 Å². The highest BCUT2D eigenvalue weighted by molar-refractivity contribution is 6.09. The molecule has 0 spiro atoms. The van der Waals surface area contributed by atoms with Crippen molar-refractivity contribution in [3.63, 3.8) is 0 Å². The maximum atomic E-state index is 5.84. The lowest BCUT2D eigenvalue weighted by Gasteiger charge is -2.15. The second-order valence-electron chi connectivity index (χ2n) is 3.61. The van der Waals surface area contributed by atoms with E-state index in [0.29, 0.717) is 12.2 Å². The Balaban J connectivity index is 2.34. The molecule has 0 unspecified atom stereocenters. The quantitative estimate of drug-likeness (QED) is 0.653. The first kappa shape index (κ1) is 10.0. The van der Waals surface area contributed by atoms with Crippen LogP contribution in [0.15, 0.2) is 60.7 Å². The summed E-state index contributed by atoms with van der Waals surface area (Å²) >= 11 is 0. The van der Waals surface area contributed by atoms with Gasteiger partial charge in [0.2, 0.25) is 0 Å². The molecule has 0 amide bonds. The van der Waals surface area contributed by atoms with Gasteiger partial charge in [-0.05, 0) is 11.1 Å². The molecule has 0 nitrogen and oxygen atoms in total. The van der Waals surface area contributed by atoms with Crippen LogP contribution in [-0.2, 0) is 0 Å². The van der Waals surface area contributed by atoms with Crippen LogP contribution in [-0.4, -0.2) is 7.85 Å². The molecule has 0 fully saturated rings. The molecule has 0 atom stereocenters. The molecule has 2 radical (unpaired) electrons. The summed E-state index contributed by atoms with van der Waals surface area (Å²) in [6, 6.07) is 20.8. The van der Waals surface area contributed by atoms with Crippen molar-refractivity contribution in [1.29, 1.82) is 0 Å². The molecule has 15 heavy (non-hydrogen) atoms. The van der Waals surface area contributed by atoms with E-state index < -0.39 is 0 Å². The van der Waals surface area contributed by atoms with Crippen LogP contribution >= 0.6 is 0 Å². The lowest BCUT2D eigenvalue weighted by molar-refractivity contribution is 0.919. The molecule has 72 valence electrons. The van der Waals surface area contributed by atoms with Crippen molar-refractivity contribution in [1.82, 2.24) is 0 Å². The van der Waals surface area contributed by atoms with Gasteiger partial charge >= 0.3 is 0 Å². The predicted molar refractivity (Wildman–Crippen MR) is 65.3 cm³/mol. The topological polar surface area (TPSA) is 0 Å². The van der Waals surface area contributed by atoms with Gasteiger partial charge in [-0.15, -0.1) is 0 Å². The molecule has 0 aromatic heterocycles. The van der Waals surface area contributed by atoms with E-state index in [2.05, 4.69) is 48.5 Å².